The number of esters is 1. The molecule has 0 bridgehead atoms. The molecule has 0 radical (unpaired) electrons. The SMILES string of the molecule is CCOC(=O)c1cnc2c(C)cc(Cl)cc2c1Nc1ccc(C(C)=O)cc1. The molecule has 3 rings (SSSR count). The topological polar surface area (TPSA) is 68.3 Å². The molecule has 0 amide bonds. The largest absolute Gasteiger partial charge is 0.462 e. The number of hydrogen-bond donors (Lipinski definition) is 1. The minimum atomic E-state index is -0.465. The van der Waals surface area contributed by atoms with Gasteiger partial charge in [0.1, 0.15) is 5.56 Å². The Morgan fingerprint density at radius 2 is 1.89 bits per heavy atom. The van der Waals surface area contributed by atoms with Crippen molar-refractivity contribution in [1.29, 1.82) is 0 Å². The molecule has 0 saturated heterocycles. The molecule has 0 aliphatic heterocycles. The second-order valence-electron chi connectivity index (χ2n) is 6.14. The molecule has 2 aromatic carbocycles. The Kier molecular flexibility index (Phi) is 5.42. The predicted octanol–water partition coefficient (Wildman–Crippen LogP) is 5.32. The van der Waals surface area contributed by atoms with Crippen LogP contribution in [-0.4, -0.2) is 23.3 Å². The summed E-state index contributed by atoms with van der Waals surface area (Å²) in [6.45, 7) is 5.44. The average molecular weight is 383 g/mol. The van der Waals surface area contributed by atoms with E-state index in [0.29, 0.717) is 21.8 Å². The van der Waals surface area contributed by atoms with Crippen molar-refractivity contribution in [3.05, 3.63) is 64.3 Å². The molecule has 0 aliphatic carbocycles. The molecular formula is C21H19ClN2O3. The van der Waals surface area contributed by atoms with E-state index < -0.39 is 5.97 Å². The Bertz CT molecular complexity index is 1030. The monoisotopic (exact) mass is 382 g/mol. The lowest BCUT2D eigenvalue weighted by molar-refractivity contribution is 0.0527. The molecule has 0 fully saturated rings. The van der Waals surface area contributed by atoms with E-state index in [9.17, 15) is 9.59 Å². The van der Waals surface area contributed by atoms with E-state index in [1.165, 1.54) is 13.1 Å². The van der Waals surface area contributed by atoms with Gasteiger partial charge in [-0.25, -0.2) is 4.79 Å². The number of aromatic nitrogens is 1. The molecule has 3 aromatic rings. The normalized spacial score (nSPS) is 10.7. The maximum absolute atomic E-state index is 12.4. The van der Waals surface area contributed by atoms with Crippen molar-refractivity contribution in [3.8, 4) is 0 Å². The van der Waals surface area contributed by atoms with E-state index in [4.69, 9.17) is 16.3 Å². The van der Waals surface area contributed by atoms with Gasteiger partial charge in [-0.1, -0.05) is 11.6 Å². The first-order chi connectivity index (χ1) is 12.9. The highest BCUT2D eigenvalue weighted by Gasteiger charge is 2.18. The minimum absolute atomic E-state index is 0.00877. The number of halogens is 1. The van der Waals surface area contributed by atoms with E-state index in [0.717, 1.165) is 22.2 Å². The Labute approximate surface area is 162 Å². The van der Waals surface area contributed by atoms with Crippen molar-refractivity contribution in [1.82, 2.24) is 4.98 Å². The van der Waals surface area contributed by atoms with Crippen molar-refractivity contribution < 1.29 is 14.3 Å². The van der Waals surface area contributed by atoms with Crippen molar-refractivity contribution >= 4 is 45.6 Å². The smallest absolute Gasteiger partial charge is 0.341 e. The van der Waals surface area contributed by atoms with Crippen LogP contribution in [0.2, 0.25) is 5.02 Å². The molecular weight excluding hydrogens is 364 g/mol. The van der Waals surface area contributed by atoms with Gasteiger partial charge in [0.15, 0.2) is 5.78 Å². The highest BCUT2D eigenvalue weighted by Crippen LogP contribution is 2.33. The predicted molar refractivity (Wildman–Crippen MR) is 107 cm³/mol. The van der Waals surface area contributed by atoms with Crippen LogP contribution in [0.1, 0.15) is 40.1 Å². The number of benzene rings is 2. The zero-order valence-corrected chi connectivity index (χ0v) is 16.1. The van der Waals surface area contributed by atoms with Gasteiger partial charge in [0, 0.05) is 27.9 Å². The number of ketones is 1. The average Bonchev–Trinajstić information content (AvgIpc) is 2.62. The summed E-state index contributed by atoms with van der Waals surface area (Å²) in [6, 6.07) is 10.6. The van der Waals surface area contributed by atoms with Gasteiger partial charge in [-0.3, -0.25) is 9.78 Å². The lowest BCUT2D eigenvalue weighted by Gasteiger charge is -2.15. The zero-order chi connectivity index (χ0) is 19.6. The second kappa shape index (κ2) is 7.76. The number of anilines is 2. The number of hydrogen-bond acceptors (Lipinski definition) is 5. The van der Waals surface area contributed by atoms with E-state index in [1.54, 1.807) is 37.3 Å². The fourth-order valence-corrected chi connectivity index (χ4v) is 3.14. The van der Waals surface area contributed by atoms with Crippen LogP contribution in [0.25, 0.3) is 10.9 Å². The molecule has 1 heterocycles. The zero-order valence-electron chi connectivity index (χ0n) is 15.3. The van der Waals surface area contributed by atoms with Crippen LogP contribution in [0.5, 0.6) is 0 Å². The molecule has 0 aliphatic rings. The van der Waals surface area contributed by atoms with Crippen LogP contribution >= 0.6 is 11.6 Å². The highest BCUT2D eigenvalue weighted by atomic mass is 35.5. The number of aryl methyl sites for hydroxylation is 1. The first-order valence-corrected chi connectivity index (χ1v) is 8.92. The van der Waals surface area contributed by atoms with Gasteiger partial charge >= 0.3 is 5.97 Å². The summed E-state index contributed by atoms with van der Waals surface area (Å²) in [6.07, 6.45) is 1.51. The lowest BCUT2D eigenvalue weighted by Crippen LogP contribution is -2.09. The Hall–Kier alpha value is -2.92. The molecule has 5 nitrogen and oxygen atoms in total. The van der Waals surface area contributed by atoms with Crippen molar-refractivity contribution in [2.24, 2.45) is 0 Å². The van der Waals surface area contributed by atoms with Crippen LogP contribution in [0.3, 0.4) is 0 Å². The highest BCUT2D eigenvalue weighted by molar-refractivity contribution is 6.31. The number of nitrogens with zero attached hydrogens (tertiary/aromatic N) is 1. The maximum atomic E-state index is 12.4. The number of Topliss-reactive ketones (excluding diaryl/α,β-unsaturated/α-hetero) is 1. The number of ether oxygens (including phenoxy) is 1. The number of rotatable bonds is 5. The molecule has 1 N–H and O–H groups in total. The summed E-state index contributed by atoms with van der Waals surface area (Å²) in [7, 11) is 0. The number of carbonyl (C=O) groups is 2. The summed E-state index contributed by atoms with van der Waals surface area (Å²) in [5, 5.41) is 4.54. The molecule has 138 valence electrons. The third-order valence-electron chi connectivity index (χ3n) is 4.18. The van der Waals surface area contributed by atoms with E-state index >= 15 is 0 Å². The Morgan fingerprint density at radius 3 is 2.52 bits per heavy atom. The van der Waals surface area contributed by atoms with E-state index in [1.807, 2.05) is 13.0 Å². The Balaban J connectivity index is 2.16. The minimum Gasteiger partial charge on any atom is -0.462 e. The molecule has 0 unspecified atom stereocenters. The van der Waals surface area contributed by atoms with Gasteiger partial charge in [-0.2, -0.15) is 0 Å². The maximum Gasteiger partial charge on any atom is 0.341 e. The third kappa shape index (κ3) is 3.93. The van der Waals surface area contributed by atoms with Crippen LogP contribution in [-0.2, 0) is 4.74 Å². The molecule has 0 saturated carbocycles. The quantitative estimate of drug-likeness (QED) is 0.477. The first-order valence-electron chi connectivity index (χ1n) is 8.54. The molecule has 6 heteroatoms. The lowest BCUT2D eigenvalue weighted by atomic mass is 10.1. The first kappa shape index (κ1) is 18.9. The van der Waals surface area contributed by atoms with Gasteiger partial charge in [-0.05, 0) is 62.7 Å². The summed E-state index contributed by atoms with van der Waals surface area (Å²) < 4.78 is 5.17. The van der Waals surface area contributed by atoms with Gasteiger partial charge in [0.25, 0.3) is 0 Å². The number of nitrogens with one attached hydrogen (secondary N) is 1. The molecule has 1 aromatic heterocycles. The van der Waals surface area contributed by atoms with Crippen molar-refractivity contribution in [2.45, 2.75) is 20.8 Å². The number of fused-ring (bicyclic) bond motifs is 1. The molecule has 0 spiro atoms. The standard InChI is InChI=1S/C21H19ClN2O3/c1-4-27-21(26)18-11-23-19-12(2)9-15(22)10-17(19)20(18)24-16-7-5-14(6-8-16)13(3)25/h5-11H,4H2,1-3H3,(H,23,24). The van der Waals surface area contributed by atoms with Crippen LogP contribution in [0.15, 0.2) is 42.6 Å². The summed E-state index contributed by atoms with van der Waals surface area (Å²) in [5.74, 6) is -0.474. The third-order valence-corrected chi connectivity index (χ3v) is 4.40. The summed E-state index contributed by atoms with van der Waals surface area (Å²) in [4.78, 5) is 28.3. The second-order valence-corrected chi connectivity index (χ2v) is 6.58. The summed E-state index contributed by atoms with van der Waals surface area (Å²) in [5.41, 5.74) is 3.89. The van der Waals surface area contributed by atoms with Gasteiger partial charge in [0.2, 0.25) is 0 Å². The fraction of sp³-hybridized carbons (Fsp3) is 0.190. The van der Waals surface area contributed by atoms with E-state index in [2.05, 4.69) is 10.3 Å². The van der Waals surface area contributed by atoms with Gasteiger partial charge in [0.05, 0.1) is 17.8 Å². The summed E-state index contributed by atoms with van der Waals surface area (Å²) >= 11 is 6.24. The van der Waals surface area contributed by atoms with Crippen LogP contribution < -0.4 is 5.32 Å². The molecule has 27 heavy (non-hydrogen) atoms. The Morgan fingerprint density at radius 1 is 1.19 bits per heavy atom. The van der Waals surface area contributed by atoms with E-state index in [-0.39, 0.29) is 12.4 Å². The van der Waals surface area contributed by atoms with Crippen molar-refractivity contribution in [2.75, 3.05) is 11.9 Å². The number of carbonyl (C=O) groups excluding carboxylic acids is 2. The van der Waals surface area contributed by atoms with Gasteiger partial charge in [-0.15, -0.1) is 0 Å². The molecule has 0 atom stereocenters. The van der Waals surface area contributed by atoms with Crippen LogP contribution in [0.4, 0.5) is 11.4 Å². The van der Waals surface area contributed by atoms with Crippen molar-refractivity contribution in [3.63, 3.8) is 0 Å². The fourth-order valence-electron chi connectivity index (χ4n) is 2.87. The number of pyridine rings is 1. The van der Waals surface area contributed by atoms with Crippen LogP contribution in [0, 0.1) is 6.92 Å². The van der Waals surface area contributed by atoms with Gasteiger partial charge < -0.3 is 10.1 Å².